The minimum absolute atomic E-state index is 0.539. The van der Waals surface area contributed by atoms with Crippen LogP contribution in [0.15, 0.2) is 42.7 Å². The SMILES string of the molecule is CCCNC(CCc1cnn(C)c1)Cc1ccccc1. The summed E-state index contributed by atoms with van der Waals surface area (Å²) in [6, 6.07) is 11.3. The van der Waals surface area contributed by atoms with Gasteiger partial charge in [0.1, 0.15) is 0 Å². The van der Waals surface area contributed by atoms with Crippen LogP contribution in [-0.2, 0) is 19.9 Å². The van der Waals surface area contributed by atoms with Crippen LogP contribution in [-0.4, -0.2) is 22.4 Å². The molecule has 0 saturated carbocycles. The molecule has 0 spiro atoms. The van der Waals surface area contributed by atoms with Crippen molar-refractivity contribution in [1.29, 1.82) is 0 Å². The topological polar surface area (TPSA) is 29.9 Å². The number of rotatable bonds is 8. The highest BCUT2D eigenvalue weighted by Gasteiger charge is 2.09. The quantitative estimate of drug-likeness (QED) is 0.800. The number of hydrogen-bond donors (Lipinski definition) is 1. The largest absolute Gasteiger partial charge is 0.314 e. The lowest BCUT2D eigenvalue weighted by Crippen LogP contribution is -2.32. The van der Waals surface area contributed by atoms with Crippen LogP contribution in [0.4, 0.5) is 0 Å². The van der Waals surface area contributed by atoms with Gasteiger partial charge >= 0.3 is 0 Å². The van der Waals surface area contributed by atoms with Crippen LogP contribution in [0.2, 0.25) is 0 Å². The Labute approximate surface area is 122 Å². The molecule has 108 valence electrons. The second-order valence-corrected chi connectivity index (χ2v) is 5.40. The molecule has 0 bridgehead atoms. The van der Waals surface area contributed by atoms with Gasteiger partial charge in [0.25, 0.3) is 0 Å². The summed E-state index contributed by atoms with van der Waals surface area (Å²) in [6.07, 6.45) is 8.60. The fraction of sp³-hybridized carbons (Fsp3) is 0.471. The fourth-order valence-corrected chi connectivity index (χ4v) is 2.47. The Morgan fingerprint density at radius 1 is 1.20 bits per heavy atom. The van der Waals surface area contributed by atoms with Crippen molar-refractivity contribution in [3.05, 3.63) is 53.9 Å². The van der Waals surface area contributed by atoms with E-state index in [9.17, 15) is 0 Å². The summed E-state index contributed by atoms with van der Waals surface area (Å²) in [5.74, 6) is 0. The zero-order chi connectivity index (χ0) is 14.2. The van der Waals surface area contributed by atoms with E-state index in [4.69, 9.17) is 0 Å². The lowest BCUT2D eigenvalue weighted by molar-refractivity contribution is 0.477. The molecule has 1 heterocycles. The van der Waals surface area contributed by atoms with Crippen molar-refractivity contribution in [2.75, 3.05) is 6.54 Å². The first-order valence-electron chi connectivity index (χ1n) is 7.52. The first-order valence-corrected chi connectivity index (χ1v) is 7.52. The van der Waals surface area contributed by atoms with Gasteiger partial charge in [-0.15, -0.1) is 0 Å². The summed E-state index contributed by atoms with van der Waals surface area (Å²) in [7, 11) is 1.97. The number of nitrogens with zero attached hydrogens (tertiary/aromatic N) is 2. The molecule has 1 N–H and O–H groups in total. The van der Waals surface area contributed by atoms with E-state index in [0.29, 0.717) is 6.04 Å². The van der Waals surface area contributed by atoms with Crippen molar-refractivity contribution in [2.24, 2.45) is 7.05 Å². The molecule has 1 atom stereocenters. The molecule has 1 aromatic carbocycles. The van der Waals surface area contributed by atoms with E-state index in [-0.39, 0.29) is 0 Å². The van der Waals surface area contributed by atoms with Crippen molar-refractivity contribution in [1.82, 2.24) is 15.1 Å². The molecule has 0 aliphatic carbocycles. The molecular formula is C17H25N3. The van der Waals surface area contributed by atoms with Crippen LogP contribution in [0.1, 0.15) is 30.9 Å². The predicted octanol–water partition coefficient (Wildman–Crippen LogP) is 2.96. The van der Waals surface area contributed by atoms with Crippen molar-refractivity contribution in [2.45, 2.75) is 38.6 Å². The van der Waals surface area contributed by atoms with E-state index >= 15 is 0 Å². The zero-order valence-electron chi connectivity index (χ0n) is 12.5. The number of hydrogen-bond acceptors (Lipinski definition) is 2. The summed E-state index contributed by atoms with van der Waals surface area (Å²) in [5.41, 5.74) is 2.73. The van der Waals surface area contributed by atoms with Gasteiger partial charge in [-0.2, -0.15) is 5.10 Å². The van der Waals surface area contributed by atoms with Gasteiger partial charge in [-0.1, -0.05) is 37.3 Å². The smallest absolute Gasteiger partial charge is 0.0521 e. The van der Waals surface area contributed by atoms with Crippen LogP contribution in [0.3, 0.4) is 0 Å². The molecule has 3 heteroatoms. The van der Waals surface area contributed by atoms with Gasteiger partial charge in [0, 0.05) is 19.3 Å². The maximum atomic E-state index is 4.24. The van der Waals surface area contributed by atoms with Crippen molar-refractivity contribution in [3.8, 4) is 0 Å². The Balaban J connectivity index is 1.89. The van der Waals surface area contributed by atoms with E-state index < -0.39 is 0 Å². The van der Waals surface area contributed by atoms with Gasteiger partial charge in [-0.05, 0) is 43.4 Å². The average molecular weight is 271 g/mol. The van der Waals surface area contributed by atoms with E-state index in [1.807, 2.05) is 17.9 Å². The molecule has 0 fully saturated rings. The van der Waals surface area contributed by atoms with E-state index in [0.717, 1.165) is 25.8 Å². The van der Waals surface area contributed by atoms with Crippen LogP contribution in [0, 0.1) is 0 Å². The van der Waals surface area contributed by atoms with Gasteiger partial charge < -0.3 is 5.32 Å². The lowest BCUT2D eigenvalue weighted by Gasteiger charge is -2.18. The fourth-order valence-electron chi connectivity index (χ4n) is 2.47. The second kappa shape index (κ2) is 7.85. The van der Waals surface area contributed by atoms with Crippen molar-refractivity contribution in [3.63, 3.8) is 0 Å². The maximum Gasteiger partial charge on any atom is 0.0521 e. The van der Waals surface area contributed by atoms with Gasteiger partial charge in [0.15, 0.2) is 0 Å². The summed E-state index contributed by atoms with van der Waals surface area (Å²) < 4.78 is 1.88. The Morgan fingerprint density at radius 2 is 2.00 bits per heavy atom. The van der Waals surface area contributed by atoms with E-state index in [1.165, 1.54) is 17.5 Å². The van der Waals surface area contributed by atoms with E-state index in [2.05, 4.69) is 53.9 Å². The van der Waals surface area contributed by atoms with Crippen LogP contribution in [0.5, 0.6) is 0 Å². The molecule has 0 saturated heterocycles. The maximum absolute atomic E-state index is 4.24. The summed E-state index contributed by atoms with van der Waals surface area (Å²) in [4.78, 5) is 0. The summed E-state index contributed by atoms with van der Waals surface area (Å²) >= 11 is 0. The van der Waals surface area contributed by atoms with Crippen molar-refractivity contribution >= 4 is 0 Å². The Morgan fingerprint density at radius 3 is 2.65 bits per heavy atom. The molecule has 2 aromatic rings. The molecule has 0 aliphatic heterocycles. The predicted molar refractivity (Wildman–Crippen MR) is 83.8 cm³/mol. The number of aryl methyl sites for hydroxylation is 2. The minimum atomic E-state index is 0.539. The van der Waals surface area contributed by atoms with Crippen LogP contribution < -0.4 is 5.32 Å². The molecule has 0 radical (unpaired) electrons. The minimum Gasteiger partial charge on any atom is -0.314 e. The normalized spacial score (nSPS) is 12.5. The average Bonchev–Trinajstić information content (AvgIpc) is 2.88. The number of benzene rings is 1. The molecule has 2 rings (SSSR count). The molecule has 20 heavy (non-hydrogen) atoms. The molecule has 1 unspecified atom stereocenters. The molecular weight excluding hydrogens is 246 g/mol. The highest BCUT2D eigenvalue weighted by atomic mass is 15.2. The molecule has 3 nitrogen and oxygen atoms in total. The number of aromatic nitrogens is 2. The molecule has 1 aromatic heterocycles. The Hall–Kier alpha value is -1.61. The first kappa shape index (κ1) is 14.8. The third-order valence-corrected chi connectivity index (χ3v) is 3.55. The standard InChI is InChI=1S/C17H25N3/c1-3-11-18-17(12-15-7-5-4-6-8-15)10-9-16-13-19-20(2)14-16/h4-8,13-14,17-18H,3,9-12H2,1-2H3. The third-order valence-electron chi connectivity index (χ3n) is 3.55. The monoisotopic (exact) mass is 271 g/mol. The van der Waals surface area contributed by atoms with Gasteiger partial charge in [-0.3, -0.25) is 4.68 Å². The summed E-state index contributed by atoms with van der Waals surface area (Å²) in [5, 5.41) is 7.90. The highest BCUT2D eigenvalue weighted by Crippen LogP contribution is 2.10. The second-order valence-electron chi connectivity index (χ2n) is 5.40. The lowest BCUT2D eigenvalue weighted by atomic mass is 10.00. The third kappa shape index (κ3) is 4.82. The summed E-state index contributed by atoms with van der Waals surface area (Å²) in [6.45, 7) is 3.30. The van der Waals surface area contributed by atoms with Gasteiger partial charge in [-0.25, -0.2) is 0 Å². The Bertz CT molecular complexity index is 490. The van der Waals surface area contributed by atoms with Crippen molar-refractivity contribution < 1.29 is 0 Å². The first-order chi connectivity index (χ1) is 9.78. The molecule has 0 aliphatic rings. The number of nitrogens with one attached hydrogen (secondary N) is 1. The van der Waals surface area contributed by atoms with Crippen LogP contribution >= 0.6 is 0 Å². The highest BCUT2D eigenvalue weighted by molar-refractivity contribution is 5.16. The van der Waals surface area contributed by atoms with E-state index in [1.54, 1.807) is 0 Å². The van der Waals surface area contributed by atoms with Crippen LogP contribution in [0.25, 0.3) is 0 Å². The molecule has 0 amide bonds. The zero-order valence-corrected chi connectivity index (χ0v) is 12.5. The van der Waals surface area contributed by atoms with Gasteiger partial charge in [0.05, 0.1) is 6.20 Å². The Kier molecular flexibility index (Phi) is 5.81. The van der Waals surface area contributed by atoms with Gasteiger partial charge in [0.2, 0.25) is 0 Å².